The molecule has 1 saturated carbocycles. The zero-order chi connectivity index (χ0) is 14.8. The topological polar surface area (TPSA) is 46.6 Å². The zero-order valence-corrected chi connectivity index (χ0v) is 12.3. The van der Waals surface area contributed by atoms with Crippen molar-refractivity contribution in [2.24, 2.45) is 11.8 Å². The molecule has 112 valence electrons. The SMILES string of the molecule is CC(CC1CC1)C(=O)N1C(=O)OCC1Cc1ccccc1. The molecule has 1 heterocycles. The summed E-state index contributed by atoms with van der Waals surface area (Å²) in [6.45, 7) is 2.22. The largest absolute Gasteiger partial charge is 0.447 e. The molecular weight excluding hydrogens is 266 g/mol. The van der Waals surface area contributed by atoms with E-state index in [9.17, 15) is 9.59 Å². The van der Waals surface area contributed by atoms with E-state index in [4.69, 9.17) is 4.74 Å². The van der Waals surface area contributed by atoms with E-state index in [1.165, 1.54) is 17.7 Å². The van der Waals surface area contributed by atoms with Crippen molar-refractivity contribution < 1.29 is 14.3 Å². The maximum Gasteiger partial charge on any atom is 0.416 e. The Morgan fingerprint density at radius 3 is 2.71 bits per heavy atom. The minimum absolute atomic E-state index is 0.0784. The molecule has 2 atom stereocenters. The first-order valence-corrected chi connectivity index (χ1v) is 7.69. The molecule has 1 saturated heterocycles. The Labute approximate surface area is 125 Å². The lowest BCUT2D eigenvalue weighted by atomic mass is 10.0. The van der Waals surface area contributed by atoms with Crippen LogP contribution in [0.4, 0.5) is 4.79 Å². The average Bonchev–Trinajstić information content (AvgIpc) is 3.22. The molecule has 4 heteroatoms. The third-order valence-electron chi connectivity index (χ3n) is 4.32. The van der Waals surface area contributed by atoms with E-state index in [2.05, 4.69) is 0 Å². The summed E-state index contributed by atoms with van der Waals surface area (Å²) in [4.78, 5) is 25.8. The van der Waals surface area contributed by atoms with Gasteiger partial charge in [-0.1, -0.05) is 50.1 Å². The van der Waals surface area contributed by atoms with Crippen molar-refractivity contribution in [1.29, 1.82) is 0 Å². The molecule has 3 rings (SSSR count). The minimum atomic E-state index is -0.483. The Morgan fingerprint density at radius 2 is 2.05 bits per heavy atom. The lowest BCUT2D eigenvalue weighted by molar-refractivity contribution is -0.133. The molecule has 0 radical (unpaired) electrons. The van der Waals surface area contributed by atoms with Gasteiger partial charge in [0.1, 0.15) is 6.61 Å². The van der Waals surface area contributed by atoms with Crippen molar-refractivity contribution in [3.05, 3.63) is 35.9 Å². The Kier molecular flexibility index (Phi) is 3.95. The normalized spacial score (nSPS) is 23.0. The highest BCUT2D eigenvalue weighted by Crippen LogP contribution is 2.36. The molecule has 2 amide bonds. The number of amides is 2. The fraction of sp³-hybridized carbons (Fsp3) is 0.529. The molecule has 1 aliphatic carbocycles. The Morgan fingerprint density at radius 1 is 1.33 bits per heavy atom. The number of nitrogens with zero attached hydrogens (tertiary/aromatic N) is 1. The van der Waals surface area contributed by atoms with Crippen LogP contribution >= 0.6 is 0 Å². The van der Waals surface area contributed by atoms with Gasteiger partial charge in [-0.3, -0.25) is 4.79 Å². The first kappa shape index (κ1) is 14.1. The Balaban J connectivity index is 1.68. The quantitative estimate of drug-likeness (QED) is 0.836. The van der Waals surface area contributed by atoms with E-state index in [0.717, 1.165) is 12.0 Å². The molecule has 0 bridgehead atoms. The molecule has 0 spiro atoms. The number of hydrogen-bond acceptors (Lipinski definition) is 3. The second-order valence-corrected chi connectivity index (χ2v) is 6.21. The number of imide groups is 1. The van der Waals surface area contributed by atoms with Crippen LogP contribution in [0.3, 0.4) is 0 Å². The van der Waals surface area contributed by atoms with Crippen molar-refractivity contribution in [2.45, 2.75) is 38.6 Å². The molecule has 0 N–H and O–H groups in total. The number of benzene rings is 1. The van der Waals surface area contributed by atoms with E-state index in [1.54, 1.807) is 0 Å². The molecule has 1 aromatic rings. The average molecular weight is 287 g/mol. The molecule has 21 heavy (non-hydrogen) atoms. The molecule has 1 aromatic carbocycles. The summed E-state index contributed by atoms with van der Waals surface area (Å²) >= 11 is 0. The van der Waals surface area contributed by atoms with Gasteiger partial charge in [-0.2, -0.15) is 0 Å². The van der Waals surface area contributed by atoms with Crippen LogP contribution in [0.15, 0.2) is 30.3 Å². The lowest BCUT2D eigenvalue weighted by Gasteiger charge is -2.23. The molecule has 0 aromatic heterocycles. The Hall–Kier alpha value is -1.84. The fourth-order valence-electron chi connectivity index (χ4n) is 2.96. The van der Waals surface area contributed by atoms with Gasteiger partial charge in [0.25, 0.3) is 0 Å². The molecule has 1 aliphatic heterocycles. The third kappa shape index (κ3) is 3.26. The van der Waals surface area contributed by atoms with Crippen LogP contribution in [0, 0.1) is 11.8 Å². The number of ether oxygens (including phenoxy) is 1. The van der Waals surface area contributed by atoms with Crippen molar-refractivity contribution in [3.63, 3.8) is 0 Å². The standard InChI is InChI=1S/C17H21NO3/c1-12(9-14-7-8-14)16(19)18-15(11-21-17(18)20)10-13-5-3-2-4-6-13/h2-6,12,14-15H,7-11H2,1H3. The summed E-state index contributed by atoms with van der Waals surface area (Å²) in [6, 6.07) is 9.75. The fourth-order valence-corrected chi connectivity index (χ4v) is 2.96. The predicted molar refractivity (Wildman–Crippen MR) is 78.6 cm³/mol. The van der Waals surface area contributed by atoms with Gasteiger partial charge in [-0.25, -0.2) is 9.69 Å². The van der Waals surface area contributed by atoms with Crippen molar-refractivity contribution >= 4 is 12.0 Å². The third-order valence-corrected chi connectivity index (χ3v) is 4.32. The highest BCUT2D eigenvalue weighted by molar-refractivity contribution is 5.94. The predicted octanol–water partition coefficient (Wildman–Crippen LogP) is 3.01. The van der Waals surface area contributed by atoms with Gasteiger partial charge in [0.15, 0.2) is 0 Å². The number of rotatable bonds is 5. The van der Waals surface area contributed by atoms with Gasteiger partial charge in [0.2, 0.25) is 5.91 Å². The maximum absolute atomic E-state index is 12.5. The van der Waals surface area contributed by atoms with Crippen LogP contribution < -0.4 is 0 Å². The number of cyclic esters (lactones) is 1. The zero-order valence-electron chi connectivity index (χ0n) is 12.3. The van der Waals surface area contributed by atoms with Crippen LogP contribution in [0.1, 0.15) is 31.7 Å². The van der Waals surface area contributed by atoms with Crippen molar-refractivity contribution in [3.8, 4) is 0 Å². The molecule has 2 unspecified atom stereocenters. The smallest absolute Gasteiger partial charge is 0.416 e. The van der Waals surface area contributed by atoms with Crippen molar-refractivity contribution in [1.82, 2.24) is 4.90 Å². The van der Waals surface area contributed by atoms with E-state index in [0.29, 0.717) is 18.9 Å². The highest BCUT2D eigenvalue weighted by atomic mass is 16.6. The second kappa shape index (κ2) is 5.88. The first-order chi connectivity index (χ1) is 10.1. The van der Waals surface area contributed by atoms with Gasteiger partial charge in [-0.15, -0.1) is 0 Å². The monoisotopic (exact) mass is 287 g/mol. The summed E-state index contributed by atoms with van der Waals surface area (Å²) in [5.74, 6) is 0.502. The maximum atomic E-state index is 12.5. The van der Waals surface area contributed by atoms with E-state index in [1.807, 2.05) is 37.3 Å². The van der Waals surface area contributed by atoms with E-state index < -0.39 is 6.09 Å². The second-order valence-electron chi connectivity index (χ2n) is 6.21. The lowest BCUT2D eigenvalue weighted by Crippen LogP contribution is -2.43. The minimum Gasteiger partial charge on any atom is -0.447 e. The van der Waals surface area contributed by atoms with Crippen LogP contribution in [-0.4, -0.2) is 29.5 Å². The summed E-state index contributed by atoms with van der Waals surface area (Å²) in [5, 5.41) is 0. The number of carbonyl (C=O) groups excluding carboxylic acids is 2. The van der Waals surface area contributed by atoms with Gasteiger partial charge in [-0.05, 0) is 24.3 Å². The number of carbonyl (C=O) groups is 2. The summed E-state index contributed by atoms with van der Waals surface area (Å²) < 4.78 is 5.11. The van der Waals surface area contributed by atoms with Crippen LogP contribution in [0.25, 0.3) is 0 Å². The van der Waals surface area contributed by atoms with Crippen molar-refractivity contribution in [2.75, 3.05) is 6.61 Å². The van der Waals surface area contributed by atoms with E-state index >= 15 is 0 Å². The van der Waals surface area contributed by atoms with Gasteiger partial charge in [0, 0.05) is 5.92 Å². The van der Waals surface area contributed by atoms with Crippen LogP contribution in [-0.2, 0) is 16.0 Å². The Bertz CT molecular complexity index is 524. The van der Waals surface area contributed by atoms with Crippen LogP contribution in [0.2, 0.25) is 0 Å². The molecule has 2 fully saturated rings. The summed E-state index contributed by atoms with van der Waals surface area (Å²) in [7, 11) is 0. The van der Waals surface area contributed by atoms with Gasteiger partial charge in [0.05, 0.1) is 6.04 Å². The molecular formula is C17H21NO3. The highest BCUT2D eigenvalue weighted by Gasteiger charge is 2.40. The summed E-state index contributed by atoms with van der Waals surface area (Å²) in [6.07, 6.45) is 3.50. The van der Waals surface area contributed by atoms with Crippen LogP contribution in [0.5, 0.6) is 0 Å². The number of hydrogen-bond donors (Lipinski definition) is 0. The summed E-state index contributed by atoms with van der Waals surface area (Å²) in [5.41, 5.74) is 1.12. The first-order valence-electron chi connectivity index (χ1n) is 7.69. The van der Waals surface area contributed by atoms with E-state index in [-0.39, 0.29) is 17.9 Å². The van der Waals surface area contributed by atoms with Gasteiger partial charge < -0.3 is 4.74 Å². The molecule has 4 nitrogen and oxygen atoms in total. The van der Waals surface area contributed by atoms with Gasteiger partial charge >= 0.3 is 6.09 Å². The molecule has 2 aliphatic rings.